The highest BCUT2D eigenvalue weighted by molar-refractivity contribution is 5.62. The van der Waals surface area contributed by atoms with Crippen LogP contribution in [-0.2, 0) is 0 Å². The van der Waals surface area contributed by atoms with Crippen LogP contribution in [-0.4, -0.2) is 11.7 Å². The summed E-state index contributed by atoms with van der Waals surface area (Å²) in [6, 6.07) is 10.1. The maximum absolute atomic E-state index is 8.62. The lowest BCUT2D eigenvalue weighted by molar-refractivity contribution is 0.290. The molecule has 1 nitrogen and oxygen atoms in total. The molecule has 0 bridgehead atoms. The van der Waals surface area contributed by atoms with E-state index >= 15 is 0 Å². The third kappa shape index (κ3) is 2.51. The topological polar surface area (TPSA) is 20.2 Å². The van der Waals surface area contributed by atoms with Gasteiger partial charge in [0.15, 0.2) is 0 Å². The molecular weight excluding hydrogens is 148 g/mol. The van der Waals surface area contributed by atoms with Crippen molar-refractivity contribution in [1.82, 2.24) is 0 Å². The molecule has 0 atom stereocenters. The number of hydrogen-bond acceptors (Lipinski definition) is 1. The zero-order valence-corrected chi connectivity index (χ0v) is 7.16. The van der Waals surface area contributed by atoms with Crippen molar-refractivity contribution in [3.05, 3.63) is 42.5 Å². The van der Waals surface area contributed by atoms with Crippen LogP contribution in [0.2, 0.25) is 0 Å². The van der Waals surface area contributed by atoms with Gasteiger partial charge in [0, 0.05) is 6.61 Å². The smallest absolute Gasteiger partial charge is 0.0434 e. The molecule has 12 heavy (non-hydrogen) atoms. The van der Waals surface area contributed by atoms with Crippen molar-refractivity contribution in [3.8, 4) is 0 Å². The Morgan fingerprint density at radius 3 is 2.50 bits per heavy atom. The van der Waals surface area contributed by atoms with Gasteiger partial charge in [-0.05, 0) is 24.0 Å². The Labute approximate surface area is 73.4 Å². The van der Waals surface area contributed by atoms with E-state index in [1.165, 1.54) is 5.56 Å². The number of aliphatic hydroxyl groups is 1. The third-order valence-corrected chi connectivity index (χ3v) is 1.82. The minimum absolute atomic E-state index is 0.242. The van der Waals surface area contributed by atoms with E-state index < -0.39 is 0 Å². The molecule has 0 aliphatic heterocycles. The van der Waals surface area contributed by atoms with Gasteiger partial charge in [-0.1, -0.05) is 36.9 Å². The van der Waals surface area contributed by atoms with Gasteiger partial charge < -0.3 is 5.11 Å². The Morgan fingerprint density at radius 1 is 1.25 bits per heavy atom. The van der Waals surface area contributed by atoms with E-state index in [0.717, 1.165) is 18.4 Å². The lowest BCUT2D eigenvalue weighted by Gasteiger charge is -2.03. The fraction of sp³-hybridized carbons (Fsp3) is 0.273. The second kappa shape index (κ2) is 4.73. The van der Waals surface area contributed by atoms with Gasteiger partial charge in [-0.15, -0.1) is 0 Å². The Bertz CT molecular complexity index is 238. The molecule has 1 heteroatoms. The van der Waals surface area contributed by atoms with Crippen LogP contribution in [0.5, 0.6) is 0 Å². The molecule has 0 aliphatic carbocycles. The van der Waals surface area contributed by atoms with E-state index in [9.17, 15) is 0 Å². The highest BCUT2D eigenvalue weighted by Gasteiger charge is 1.95. The second-order valence-corrected chi connectivity index (χ2v) is 2.80. The third-order valence-electron chi connectivity index (χ3n) is 1.82. The summed E-state index contributed by atoms with van der Waals surface area (Å²) in [5, 5.41) is 8.62. The SMILES string of the molecule is C=C(CCCO)c1ccccc1. The Hall–Kier alpha value is -1.08. The molecule has 1 aromatic carbocycles. The lowest BCUT2D eigenvalue weighted by atomic mass is 10.0. The first kappa shape index (κ1) is 9.01. The molecule has 0 spiro atoms. The maximum atomic E-state index is 8.62. The van der Waals surface area contributed by atoms with Crippen molar-refractivity contribution in [1.29, 1.82) is 0 Å². The number of benzene rings is 1. The first-order chi connectivity index (χ1) is 5.84. The number of hydrogen-bond donors (Lipinski definition) is 1. The highest BCUT2D eigenvalue weighted by atomic mass is 16.2. The Balaban J connectivity index is 2.54. The van der Waals surface area contributed by atoms with Crippen LogP contribution in [0.1, 0.15) is 18.4 Å². The summed E-state index contributed by atoms with van der Waals surface area (Å²) in [6.45, 7) is 4.19. The van der Waals surface area contributed by atoms with Crippen LogP contribution in [0.3, 0.4) is 0 Å². The largest absolute Gasteiger partial charge is 0.396 e. The molecule has 0 aromatic heterocycles. The van der Waals surface area contributed by atoms with Gasteiger partial charge in [0.1, 0.15) is 0 Å². The molecule has 1 rings (SSSR count). The molecule has 0 fully saturated rings. The van der Waals surface area contributed by atoms with Crippen molar-refractivity contribution >= 4 is 5.57 Å². The van der Waals surface area contributed by atoms with E-state index in [2.05, 4.69) is 6.58 Å². The van der Waals surface area contributed by atoms with Gasteiger partial charge in [-0.3, -0.25) is 0 Å². The van der Waals surface area contributed by atoms with Crippen molar-refractivity contribution in [2.45, 2.75) is 12.8 Å². The number of allylic oxidation sites excluding steroid dienone is 1. The molecular formula is C11H14O. The molecule has 1 aromatic rings. The molecule has 0 aliphatic rings. The summed E-state index contributed by atoms with van der Waals surface area (Å²) in [4.78, 5) is 0. The first-order valence-corrected chi connectivity index (χ1v) is 4.18. The molecule has 0 saturated heterocycles. The second-order valence-electron chi connectivity index (χ2n) is 2.80. The predicted molar refractivity (Wildman–Crippen MR) is 51.8 cm³/mol. The fourth-order valence-corrected chi connectivity index (χ4v) is 1.11. The predicted octanol–water partition coefficient (Wildman–Crippen LogP) is 2.47. The van der Waals surface area contributed by atoms with E-state index in [1.807, 2.05) is 30.3 Å². The van der Waals surface area contributed by atoms with E-state index in [0.29, 0.717) is 0 Å². The minimum Gasteiger partial charge on any atom is -0.396 e. The quantitative estimate of drug-likeness (QED) is 0.721. The van der Waals surface area contributed by atoms with Crippen LogP contribution in [0.4, 0.5) is 0 Å². The average molecular weight is 162 g/mol. The van der Waals surface area contributed by atoms with Crippen LogP contribution >= 0.6 is 0 Å². The minimum atomic E-state index is 0.242. The maximum Gasteiger partial charge on any atom is 0.0434 e. The summed E-state index contributed by atoms with van der Waals surface area (Å²) in [5.41, 5.74) is 2.27. The number of aliphatic hydroxyl groups excluding tert-OH is 1. The molecule has 0 saturated carbocycles. The van der Waals surface area contributed by atoms with E-state index in [-0.39, 0.29) is 6.61 Å². The van der Waals surface area contributed by atoms with Crippen molar-refractivity contribution in [2.75, 3.05) is 6.61 Å². The molecule has 0 radical (unpaired) electrons. The Morgan fingerprint density at radius 2 is 1.92 bits per heavy atom. The van der Waals surface area contributed by atoms with Crippen LogP contribution in [0.25, 0.3) is 5.57 Å². The van der Waals surface area contributed by atoms with Crippen LogP contribution in [0.15, 0.2) is 36.9 Å². The van der Waals surface area contributed by atoms with Gasteiger partial charge in [0.2, 0.25) is 0 Å². The molecule has 64 valence electrons. The summed E-state index contributed by atoms with van der Waals surface area (Å²) in [6.07, 6.45) is 1.67. The van der Waals surface area contributed by atoms with Gasteiger partial charge >= 0.3 is 0 Å². The summed E-state index contributed by atoms with van der Waals surface area (Å²) >= 11 is 0. The standard InChI is InChI=1S/C11H14O/c1-10(6-5-9-12)11-7-3-2-4-8-11/h2-4,7-8,12H,1,5-6,9H2. The van der Waals surface area contributed by atoms with Gasteiger partial charge in [-0.25, -0.2) is 0 Å². The van der Waals surface area contributed by atoms with Crippen LogP contribution in [0, 0.1) is 0 Å². The summed E-state index contributed by atoms with van der Waals surface area (Å²) < 4.78 is 0. The number of rotatable bonds is 4. The average Bonchev–Trinajstić information content (AvgIpc) is 2.15. The van der Waals surface area contributed by atoms with Gasteiger partial charge in [0.25, 0.3) is 0 Å². The molecule has 1 N–H and O–H groups in total. The van der Waals surface area contributed by atoms with Crippen molar-refractivity contribution in [3.63, 3.8) is 0 Å². The van der Waals surface area contributed by atoms with Crippen LogP contribution < -0.4 is 0 Å². The molecule has 0 heterocycles. The van der Waals surface area contributed by atoms with E-state index in [1.54, 1.807) is 0 Å². The summed E-state index contributed by atoms with van der Waals surface area (Å²) in [7, 11) is 0. The Kier molecular flexibility index (Phi) is 3.55. The molecule has 0 amide bonds. The lowest BCUT2D eigenvalue weighted by Crippen LogP contribution is -1.86. The first-order valence-electron chi connectivity index (χ1n) is 4.18. The zero-order valence-electron chi connectivity index (χ0n) is 7.16. The fourth-order valence-electron chi connectivity index (χ4n) is 1.11. The summed E-state index contributed by atoms with van der Waals surface area (Å²) in [5.74, 6) is 0. The zero-order chi connectivity index (χ0) is 8.81. The van der Waals surface area contributed by atoms with Gasteiger partial charge in [-0.2, -0.15) is 0 Å². The van der Waals surface area contributed by atoms with Gasteiger partial charge in [0.05, 0.1) is 0 Å². The monoisotopic (exact) mass is 162 g/mol. The van der Waals surface area contributed by atoms with Crippen molar-refractivity contribution in [2.24, 2.45) is 0 Å². The van der Waals surface area contributed by atoms with Crippen molar-refractivity contribution < 1.29 is 5.11 Å². The molecule has 0 unspecified atom stereocenters. The highest BCUT2D eigenvalue weighted by Crippen LogP contribution is 2.16. The normalized spacial score (nSPS) is 9.75. The van der Waals surface area contributed by atoms with E-state index in [4.69, 9.17) is 5.11 Å².